The summed E-state index contributed by atoms with van der Waals surface area (Å²) in [7, 11) is -1.46. The fourth-order valence-corrected chi connectivity index (χ4v) is 3.59. The van der Waals surface area contributed by atoms with Gasteiger partial charge in [-0.1, -0.05) is 0 Å². The third kappa shape index (κ3) is 5.24. The van der Waals surface area contributed by atoms with Crippen LogP contribution >= 0.6 is 12.4 Å². The lowest BCUT2D eigenvalue weighted by atomic mass is 10.1. The number of hydrogen-bond donors (Lipinski definition) is 2. The summed E-state index contributed by atoms with van der Waals surface area (Å²) in [5.41, 5.74) is 2.48. The highest BCUT2D eigenvalue weighted by Crippen LogP contribution is 2.18. The molecule has 2 heterocycles. The number of H-pyrrole nitrogens is 1. The van der Waals surface area contributed by atoms with Crippen molar-refractivity contribution in [1.82, 2.24) is 20.4 Å². The van der Waals surface area contributed by atoms with Crippen LogP contribution in [0.15, 0.2) is 29.2 Å². The molecular formula is C18H25ClN4O4S. The van der Waals surface area contributed by atoms with Crippen LogP contribution in [-0.4, -0.2) is 62.4 Å². The molecule has 0 radical (unpaired) electrons. The third-order valence-corrected chi connectivity index (χ3v) is 5.64. The van der Waals surface area contributed by atoms with E-state index in [1.165, 1.54) is 18.4 Å². The third-order valence-electron chi connectivity index (χ3n) is 4.51. The first-order valence-electron chi connectivity index (χ1n) is 8.81. The molecule has 0 saturated heterocycles. The van der Waals surface area contributed by atoms with Crippen LogP contribution in [0.4, 0.5) is 0 Å². The zero-order chi connectivity index (χ0) is 19.4. The Morgan fingerprint density at radius 3 is 2.68 bits per heavy atom. The van der Waals surface area contributed by atoms with Crippen LogP contribution in [0.3, 0.4) is 0 Å². The molecule has 154 valence electrons. The second kappa shape index (κ2) is 9.40. The Labute approximate surface area is 171 Å². The Morgan fingerprint density at radius 2 is 2.00 bits per heavy atom. The molecule has 0 saturated carbocycles. The Balaban J connectivity index is 0.00000280. The summed E-state index contributed by atoms with van der Waals surface area (Å²) in [4.78, 5) is 14.5. The van der Waals surface area contributed by atoms with Gasteiger partial charge in [0.15, 0.2) is 15.5 Å². The summed E-state index contributed by atoms with van der Waals surface area (Å²) < 4.78 is 28.5. The molecule has 2 N–H and O–H groups in total. The van der Waals surface area contributed by atoms with Crippen molar-refractivity contribution >= 4 is 28.2 Å². The molecule has 0 atom stereocenters. The number of carbonyl (C=O) groups excluding carboxylic acids is 1. The van der Waals surface area contributed by atoms with Crippen molar-refractivity contribution < 1.29 is 17.9 Å². The van der Waals surface area contributed by atoms with Crippen molar-refractivity contribution in [3.8, 4) is 5.75 Å². The lowest BCUT2D eigenvalue weighted by molar-refractivity contribution is 0.0780. The van der Waals surface area contributed by atoms with Crippen LogP contribution in [0.5, 0.6) is 5.75 Å². The number of amides is 1. The van der Waals surface area contributed by atoms with Gasteiger partial charge in [-0.2, -0.15) is 5.10 Å². The van der Waals surface area contributed by atoms with Gasteiger partial charge < -0.3 is 15.0 Å². The Morgan fingerprint density at radius 1 is 1.29 bits per heavy atom. The number of halogens is 1. The molecule has 2 aromatic rings. The summed E-state index contributed by atoms with van der Waals surface area (Å²) in [6.45, 7) is 2.51. The first-order valence-corrected chi connectivity index (χ1v) is 10.7. The highest BCUT2D eigenvalue weighted by Gasteiger charge is 2.23. The maximum Gasteiger partial charge on any atom is 0.274 e. The van der Waals surface area contributed by atoms with E-state index in [0.29, 0.717) is 37.6 Å². The number of hydrogen-bond acceptors (Lipinski definition) is 6. The Hall–Kier alpha value is -2.10. The minimum atomic E-state index is -3.21. The summed E-state index contributed by atoms with van der Waals surface area (Å²) >= 11 is 0. The van der Waals surface area contributed by atoms with Crippen LogP contribution < -0.4 is 10.1 Å². The molecule has 1 aromatic heterocycles. The number of aromatic nitrogens is 2. The van der Waals surface area contributed by atoms with Crippen molar-refractivity contribution in [2.24, 2.45) is 0 Å². The lowest BCUT2D eigenvalue weighted by Crippen LogP contribution is -2.31. The smallest absolute Gasteiger partial charge is 0.274 e. The highest BCUT2D eigenvalue weighted by molar-refractivity contribution is 7.90. The minimum absolute atomic E-state index is 0. The molecule has 28 heavy (non-hydrogen) atoms. The Bertz CT molecular complexity index is 912. The average Bonchev–Trinajstić information content (AvgIpc) is 3.08. The minimum Gasteiger partial charge on any atom is -0.494 e. The average molecular weight is 429 g/mol. The fraction of sp³-hybridized carbons (Fsp3) is 0.444. The van der Waals surface area contributed by atoms with Crippen molar-refractivity contribution in [3.05, 3.63) is 41.2 Å². The molecular weight excluding hydrogens is 404 g/mol. The maximum atomic E-state index is 12.6. The van der Waals surface area contributed by atoms with E-state index >= 15 is 0 Å². The van der Waals surface area contributed by atoms with Gasteiger partial charge >= 0.3 is 0 Å². The van der Waals surface area contributed by atoms with E-state index in [1.54, 1.807) is 24.1 Å². The van der Waals surface area contributed by atoms with Gasteiger partial charge in [0, 0.05) is 50.6 Å². The van der Waals surface area contributed by atoms with Crippen molar-refractivity contribution in [2.45, 2.75) is 24.3 Å². The summed E-state index contributed by atoms with van der Waals surface area (Å²) in [6, 6.07) is 6.31. The lowest BCUT2D eigenvalue weighted by Gasteiger charge is -2.18. The van der Waals surface area contributed by atoms with Gasteiger partial charge in [-0.15, -0.1) is 12.4 Å². The molecule has 0 bridgehead atoms. The van der Waals surface area contributed by atoms with Gasteiger partial charge in [-0.25, -0.2) is 8.42 Å². The number of ether oxygens (including phenoxy) is 1. The Kier molecular flexibility index (Phi) is 7.45. The van der Waals surface area contributed by atoms with Gasteiger partial charge in [0.25, 0.3) is 5.91 Å². The standard InChI is InChI=1S/C18H24N4O4S.ClH/c1-22(18(23)17-15-12-19-9-8-16(15)20-21-17)10-3-11-26-13-4-6-14(7-5-13)27(2,24)25;/h4-7,19H,3,8-12H2,1-2H3,(H,20,21);1H. The summed E-state index contributed by atoms with van der Waals surface area (Å²) in [5.74, 6) is 0.498. The summed E-state index contributed by atoms with van der Waals surface area (Å²) in [5, 5.41) is 10.4. The maximum absolute atomic E-state index is 12.6. The molecule has 1 amide bonds. The zero-order valence-corrected chi connectivity index (χ0v) is 17.5. The van der Waals surface area contributed by atoms with E-state index in [1.807, 2.05) is 0 Å². The van der Waals surface area contributed by atoms with Crippen LogP contribution in [-0.2, 0) is 22.8 Å². The second-order valence-corrected chi connectivity index (χ2v) is 8.64. The SMILES string of the molecule is CN(CCCOc1ccc(S(C)(=O)=O)cc1)C(=O)c1n[nH]c2c1CNCC2.Cl. The molecule has 0 fully saturated rings. The van der Waals surface area contributed by atoms with Crippen LogP contribution in [0.2, 0.25) is 0 Å². The molecule has 1 aliphatic heterocycles. The van der Waals surface area contributed by atoms with Crippen LogP contribution in [0.25, 0.3) is 0 Å². The van der Waals surface area contributed by atoms with Gasteiger partial charge in [0.05, 0.1) is 11.5 Å². The number of rotatable bonds is 7. The van der Waals surface area contributed by atoms with Crippen molar-refractivity contribution in [2.75, 3.05) is 33.0 Å². The fourth-order valence-electron chi connectivity index (χ4n) is 2.96. The van der Waals surface area contributed by atoms with E-state index in [4.69, 9.17) is 4.74 Å². The molecule has 10 heteroatoms. The largest absolute Gasteiger partial charge is 0.494 e. The van der Waals surface area contributed by atoms with E-state index < -0.39 is 9.84 Å². The normalized spacial score (nSPS) is 13.4. The van der Waals surface area contributed by atoms with Gasteiger partial charge in [-0.05, 0) is 30.7 Å². The van der Waals surface area contributed by atoms with Crippen molar-refractivity contribution in [1.29, 1.82) is 0 Å². The molecule has 8 nitrogen and oxygen atoms in total. The zero-order valence-electron chi connectivity index (χ0n) is 15.9. The first kappa shape index (κ1) is 22.2. The van der Waals surface area contributed by atoms with E-state index in [0.717, 1.165) is 24.2 Å². The molecule has 0 aliphatic carbocycles. The summed E-state index contributed by atoms with van der Waals surface area (Å²) in [6.07, 6.45) is 2.68. The molecule has 0 unspecified atom stereocenters. The van der Waals surface area contributed by atoms with Gasteiger partial charge in [0.2, 0.25) is 0 Å². The number of sulfone groups is 1. The van der Waals surface area contributed by atoms with Crippen LogP contribution in [0.1, 0.15) is 28.2 Å². The number of aromatic amines is 1. The quantitative estimate of drug-likeness (QED) is 0.646. The predicted octanol–water partition coefficient (Wildman–Crippen LogP) is 1.42. The number of fused-ring (bicyclic) bond motifs is 1. The van der Waals surface area contributed by atoms with E-state index in [-0.39, 0.29) is 23.2 Å². The monoisotopic (exact) mass is 428 g/mol. The second-order valence-electron chi connectivity index (χ2n) is 6.63. The number of benzene rings is 1. The van der Waals surface area contributed by atoms with Crippen molar-refractivity contribution in [3.63, 3.8) is 0 Å². The number of carbonyl (C=O) groups is 1. The highest BCUT2D eigenvalue weighted by atomic mass is 35.5. The molecule has 1 aliphatic rings. The topological polar surface area (TPSA) is 104 Å². The first-order chi connectivity index (χ1) is 12.9. The van der Waals surface area contributed by atoms with E-state index in [2.05, 4.69) is 15.5 Å². The van der Waals surface area contributed by atoms with Gasteiger partial charge in [-0.3, -0.25) is 9.89 Å². The predicted molar refractivity (Wildman–Crippen MR) is 108 cm³/mol. The van der Waals surface area contributed by atoms with Gasteiger partial charge in [0.1, 0.15) is 5.75 Å². The number of nitrogens with zero attached hydrogens (tertiary/aromatic N) is 2. The van der Waals surface area contributed by atoms with E-state index in [9.17, 15) is 13.2 Å². The molecule has 1 aromatic carbocycles. The molecule has 3 rings (SSSR count). The van der Waals surface area contributed by atoms with Crippen LogP contribution in [0, 0.1) is 0 Å². The number of nitrogens with one attached hydrogen (secondary N) is 2. The molecule has 0 spiro atoms.